The number of nitrogens with zero attached hydrogens (tertiary/aromatic N) is 3. The quantitative estimate of drug-likeness (QED) is 0.466. The molecular formula is C24H21FN4O3. The largest absolute Gasteiger partial charge is 0.497 e. The van der Waals surface area contributed by atoms with Crippen molar-refractivity contribution in [1.29, 1.82) is 0 Å². The summed E-state index contributed by atoms with van der Waals surface area (Å²) in [6, 6.07) is 20.1. The van der Waals surface area contributed by atoms with Gasteiger partial charge in [0.1, 0.15) is 17.3 Å². The van der Waals surface area contributed by atoms with E-state index in [0.29, 0.717) is 23.7 Å². The van der Waals surface area contributed by atoms with E-state index >= 15 is 0 Å². The maximum absolute atomic E-state index is 13.3. The average Bonchev–Trinajstić information content (AvgIpc) is 3.27. The minimum Gasteiger partial charge on any atom is -0.497 e. The summed E-state index contributed by atoms with van der Waals surface area (Å²) in [6.45, 7) is 0.418. The van der Waals surface area contributed by atoms with Crippen LogP contribution in [-0.2, 0) is 6.54 Å². The van der Waals surface area contributed by atoms with Gasteiger partial charge in [-0.1, -0.05) is 12.1 Å². The predicted octanol–water partition coefficient (Wildman–Crippen LogP) is 4.40. The van der Waals surface area contributed by atoms with Gasteiger partial charge in [0.25, 0.3) is 5.91 Å². The van der Waals surface area contributed by atoms with E-state index in [-0.39, 0.29) is 5.95 Å². The van der Waals surface area contributed by atoms with Crippen molar-refractivity contribution in [3.63, 3.8) is 0 Å². The van der Waals surface area contributed by atoms with Crippen LogP contribution in [0.15, 0.2) is 72.8 Å². The average molecular weight is 432 g/mol. The highest BCUT2D eigenvalue weighted by molar-refractivity contribution is 5.97. The number of carbonyl (C=O) groups excluding carboxylic acids is 1. The number of benzene rings is 3. The van der Waals surface area contributed by atoms with Crippen LogP contribution in [0.2, 0.25) is 0 Å². The number of hydrogen-bond acceptors (Lipinski definition) is 6. The first-order chi connectivity index (χ1) is 15.6. The molecule has 7 nitrogen and oxygen atoms in total. The molecule has 4 aromatic rings. The fourth-order valence-corrected chi connectivity index (χ4v) is 3.07. The Kier molecular flexibility index (Phi) is 6.12. The van der Waals surface area contributed by atoms with Crippen LogP contribution in [0.1, 0.15) is 15.9 Å². The maximum atomic E-state index is 13.3. The molecule has 0 amide bonds. The van der Waals surface area contributed by atoms with Crippen molar-refractivity contribution in [3.05, 3.63) is 89.7 Å². The van der Waals surface area contributed by atoms with E-state index in [1.165, 1.54) is 28.9 Å². The molecule has 8 heteroatoms. The van der Waals surface area contributed by atoms with Gasteiger partial charge in [-0.25, -0.2) is 4.39 Å². The number of methoxy groups -OCH3 is 2. The Bertz CT molecular complexity index is 1200. The number of aromatic nitrogens is 3. The third-order valence-electron chi connectivity index (χ3n) is 4.85. The summed E-state index contributed by atoms with van der Waals surface area (Å²) in [4.78, 5) is 17.6. The van der Waals surface area contributed by atoms with Crippen LogP contribution in [-0.4, -0.2) is 34.9 Å². The molecular weight excluding hydrogens is 411 g/mol. The summed E-state index contributed by atoms with van der Waals surface area (Å²) in [6.07, 6.45) is 0. The Hall–Kier alpha value is -4.20. The lowest BCUT2D eigenvalue weighted by Gasteiger charge is -2.08. The number of anilines is 1. The molecule has 1 heterocycles. The van der Waals surface area contributed by atoms with Crippen LogP contribution in [0.3, 0.4) is 0 Å². The first-order valence-electron chi connectivity index (χ1n) is 9.86. The molecule has 0 saturated carbocycles. The zero-order valence-corrected chi connectivity index (χ0v) is 17.6. The number of hydrogen-bond donors (Lipinski definition) is 1. The maximum Gasteiger partial charge on any atom is 0.281 e. The van der Waals surface area contributed by atoms with Gasteiger partial charge in [0.05, 0.1) is 14.2 Å². The summed E-state index contributed by atoms with van der Waals surface area (Å²) in [5, 5.41) is 7.58. The molecule has 4 rings (SSSR count). The van der Waals surface area contributed by atoms with Crippen molar-refractivity contribution < 1.29 is 18.7 Å². The Morgan fingerprint density at radius 1 is 0.906 bits per heavy atom. The SMILES string of the molecule is COc1ccc(CNc2nc(-c3ccc(OC)cc3)nn2C(=O)c2ccc(F)cc2)cc1. The molecule has 0 spiro atoms. The van der Waals surface area contributed by atoms with Gasteiger partial charge in [-0.05, 0) is 66.2 Å². The number of ether oxygens (including phenoxy) is 2. The van der Waals surface area contributed by atoms with Crippen LogP contribution in [0.4, 0.5) is 10.3 Å². The van der Waals surface area contributed by atoms with Gasteiger partial charge >= 0.3 is 0 Å². The van der Waals surface area contributed by atoms with Gasteiger partial charge in [-0.15, -0.1) is 5.10 Å². The molecule has 0 bridgehead atoms. The van der Waals surface area contributed by atoms with E-state index < -0.39 is 11.7 Å². The van der Waals surface area contributed by atoms with E-state index in [1.807, 2.05) is 36.4 Å². The second-order valence-electron chi connectivity index (χ2n) is 6.91. The molecule has 0 aliphatic carbocycles. The standard InChI is InChI=1S/C24H21FN4O3/c1-31-20-11-3-16(4-12-20)15-26-24-27-22(17-7-13-21(32-2)14-8-17)28-29(24)23(30)18-5-9-19(25)10-6-18/h3-14H,15H2,1-2H3,(H,26,27,28). The summed E-state index contributed by atoms with van der Waals surface area (Å²) in [7, 11) is 3.20. The highest BCUT2D eigenvalue weighted by atomic mass is 19.1. The Labute approximate surface area is 184 Å². The van der Waals surface area contributed by atoms with E-state index in [0.717, 1.165) is 16.9 Å². The minimum absolute atomic E-state index is 0.279. The van der Waals surface area contributed by atoms with Crippen molar-refractivity contribution >= 4 is 11.9 Å². The third-order valence-corrected chi connectivity index (χ3v) is 4.85. The van der Waals surface area contributed by atoms with Gasteiger partial charge in [-0.2, -0.15) is 9.67 Å². The lowest BCUT2D eigenvalue weighted by molar-refractivity contribution is 0.0947. The molecule has 1 aromatic heterocycles. The summed E-state index contributed by atoms with van der Waals surface area (Å²) < 4.78 is 24.9. The Balaban J connectivity index is 1.65. The van der Waals surface area contributed by atoms with Gasteiger partial charge in [0, 0.05) is 17.7 Å². The number of halogens is 1. The second-order valence-corrected chi connectivity index (χ2v) is 6.91. The normalized spacial score (nSPS) is 10.6. The van der Waals surface area contributed by atoms with E-state index in [4.69, 9.17) is 9.47 Å². The van der Waals surface area contributed by atoms with E-state index in [9.17, 15) is 9.18 Å². The van der Waals surface area contributed by atoms with Gasteiger partial charge in [0.15, 0.2) is 5.82 Å². The molecule has 1 N–H and O–H groups in total. The van der Waals surface area contributed by atoms with Crippen LogP contribution < -0.4 is 14.8 Å². The third kappa shape index (κ3) is 4.59. The highest BCUT2D eigenvalue weighted by Gasteiger charge is 2.19. The Morgan fingerprint density at radius 2 is 1.50 bits per heavy atom. The predicted molar refractivity (Wildman–Crippen MR) is 118 cm³/mol. The second kappa shape index (κ2) is 9.30. The fraction of sp³-hybridized carbons (Fsp3) is 0.125. The van der Waals surface area contributed by atoms with Crippen molar-refractivity contribution in [1.82, 2.24) is 14.8 Å². The first kappa shape index (κ1) is 21.0. The first-order valence-corrected chi connectivity index (χ1v) is 9.86. The monoisotopic (exact) mass is 432 g/mol. The van der Waals surface area contributed by atoms with Crippen molar-refractivity contribution in [2.75, 3.05) is 19.5 Å². The van der Waals surface area contributed by atoms with Gasteiger partial charge < -0.3 is 14.8 Å². The molecule has 0 unspecified atom stereocenters. The molecule has 3 aromatic carbocycles. The number of nitrogens with one attached hydrogen (secondary N) is 1. The number of rotatable bonds is 7. The van der Waals surface area contributed by atoms with Crippen LogP contribution in [0.25, 0.3) is 11.4 Å². The molecule has 0 radical (unpaired) electrons. The van der Waals surface area contributed by atoms with Crippen LogP contribution >= 0.6 is 0 Å². The highest BCUT2D eigenvalue weighted by Crippen LogP contribution is 2.22. The van der Waals surface area contributed by atoms with Crippen molar-refractivity contribution in [3.8, 4) is 22.9 Å². The van der Waals surface area contributed by atoms with E-state index in [1.54, 1.807) is 26.4 Å². The van der Waals surface area contributed by atoms with Crippen molar-refractivity contribution in [2.24, 2.45) is 0 Å². The topological polar surface area (TPSA) is 78.3 Å². The number of carbonyl (C=O) groups is 1. The smallest absolute Gasteiger partial charge is 0.281 e. The fourth-order valence-electron chi connectivity index (χ4n) is 3.07. The minimum atomic E-state index is -0.422. The van der Waals surface area contributed by atoms with E-state index in [2.05, 4.69) is 15.4 Å². The molecule has 0 aliphatic heterocycles. The molecule has 162 valence electrons. The zero-order chi connectivity index (χ0) is 22.5. The zero-order valence-electron chi connectivity index (χ0n) is 17.6. The molecule has 0 fully saturated rings. The summed E-state index contributed by atoms with van der Waals surface area (Å²) >= 11 is 0. The summed E-state index contributed by atoms with van der Waals surface area (Å²) in [5.41, 5.74) is 2.00. The summed E-state index contributed by atoms with van der Waals surface area (Å²) in [5.74, 6) is 1.27. The van der Waals surface area contributed by atoms with Crippen LogP contribution in [0.5, 0.6) is 11.5 Å². The lowest BCUT2D eigenvalue weighted by Crippen LogP contribution is -2.17. The lowest BCUT2D eigenvalue weighted by atomic mass is 10.2. The molecule has 0 atom stereocenters. The van der Waals surface area contributed by atoms with Crippen LogP contribution in [0, 0.1) is 5.82 Å². The van der Waals surface area contributed by atoms with Gasteiger partial charge in [-0.3, -0.25) is 4.79 Å². The molecule has 32 heavy (non-hydrogen) atoms. The molecule has 0 aliphatic rings. The van der Waals surface area contributed by atoms with Crippen molar-refractivity contribution in [2.45, 2.75) is 6.54 Å². The Morgan fingerprint density at radius 3 is 2.09 bits per heavy atom. The van der Waals surface area contributed by atoms with Gasteiger partial charge in [0.2, 0.25) is 5.95 Å². The molecule has 0 saturated heterocycles.